The quantitative estimate of drug-likeness (QED) is 0.426. The lowest BCUT2D eigenvalue weighted by Crippen LogP contribution is -2.39. The molecule has 0 aliphatic carbocycles. The number of nitrogens with one attached hydrogen (secondary N) is 4. The van der Waals surface area contributed by atoms with Gasteiger partial charge in [0.1, 0.15) is 5.82 Å². The number of hydrogen-bond donors (Lipinski definition) is 5. The summed E-state index contributed by atoms with van der Waals surface area (Å²) >= 11 is 1.49. The molecule has 2 unspecified atom stereocenters. The number of hydrazine groups is 1. The van der Waals surface area contributed by atoms with Gasteiger partial charge in [-0.1, -0.05) is 6.08 Å². The van der Waals surface area contributed by atoms with E-state index in [9.17, 15) is 14.7 Å². The number of fused-ring (bicyclic) bond motifs is 1. The summed E-state index contributed by atoms with van der Waals surface area (Å²) in [5.74, 6) is 0.316. The number of carbonyl (C=O) groups excluding carboxylic acids is 1. The monoisotopic (exact) mass is 431 g/mol. The van der Waals surface area contributed by atoms with Crippen LogP contribution in [0.2, 0.25) is 0 Å². The van der Waals surface area contributed by atoms with Crippen molar-refractivity contribution in [3.05, 3.63) is 45.9 Å². The van der Waals surface area contributed by atoms with Gasteiger partial charge in [-0.05, 0) is 73.2 Å². The highest BCUT2D eigenvalue weighted by atomic mass is 32.1. The molecule has 4 rings (SSSR count). The number of piperidine rings is 1. The average Bonchev–Trinajstić information content (AvgIpc) is 3.42. The molecule has 30 heavy (non-hydrogen) atoms. The Labute approximate surface area is 180 Å². The van der Waals surface area contributed by atoms with Crippen molar-refractivity contribution in [2.75, 3.05) is 19.6 Å². The molecule has 2 saturated heterocycles. The first-order valence-electron chi connectivity index (χ1n) is 10.6. The Kier molecular flexibility index (Phi) is 6.71. The molecular formula is C21H29N5O3S. The van der Waals surface area contributed by atoms with Crippen molar-refractivity contribution >= 4 is 23.2 Å². The van der Waals surface area contributed by atoms with Crippen molar-refractivity contribution in [3.8, 4) is 0 Å². The van der Waals surface area contributed by atoms with Crippen LogP contribution in [0.1, 0.15) is 43.7 Å². The number of rotatable bonds is 8. The van der Waals surface area contributed by atoms with E-state index in [0.717, 1.165) is 49.8 Å². The molecular weight excluding hydrogens is 402 g/mol. The smallest absolute Gasteiger partial charge is 0.305 e. The van der Waals surface area contributed by atoms with Gasteiger partial charge in [0.15, 0.2) is 0 Å². The first-order chi connectivity index (χ1) is 14.6. The topological polar surface area (TPSA) is 106 Å². The predicted molar refractivity (Wildman–Crippen MR) is 115 cm³/mol. The van der Waals surface area contributed by atoms with Crippen molar-refractivity contribution in [2.24, 2.45) is 5.92 Å². The number of carboxylic acids is 1. The Morgan fingerprint density at radius 2 is 2.13 bits per heavy atom. The van der Waals surface area contributed by atoms with Crippen molar-refractivity contribution in [1.29, 1.82) is 0 Å². The highest BCUT2D eigenvalue weighted by Gasteiger charge is 2.33. The first kappa shape index (κ1) is 20.9. The van der Waals surface area contributed by atoms with E-state index < -0.39 is 12.0 Å². The molecule has 0 spiro atoms. The van der Waals surface area contributed by atoms with Gasteiger partial charge < -0.3 is 26.1 Å². The maximum atomic E-state index is 13.0. The molecule has 8 nitrogen and oxygen atoms in total. The fourth-order valence-corrected chi connectivity index (χ4v) is 5.09. The minimum atomic E-state index is -0.941. The van der Waals surface area contributed by atoms with Gasteiger partial charge >= 0.3 is 5.97 Å². The van der Waals surface area contributed by atoms with E-state index in [1.165, 1.54) is 24.2 Å². The summed E-state index contributed by atoms with van der Waals surface area (Å²) in [7, 11) is 0. The van der Waals surface area contributed by atoms with E-state index in [1.54, 1.807) is 0 Å². The van der Waals surface area contributed by atoms with Gasteiger partial charge in [0.2, 0.25) is 0 Å². The highest BCUT2D eigenvalue weighted by Crippen LogP contribution is 2.27. The van der Waals surface area contributed by atoms with Crippen LogP contribution in [0.25, 0.3) is 0 Å². The largest absolute Gasteiger partial charge is 0.481 e. The number of carboxylic acid groups (broad SMARTS) is 1. The number of thiophene rings is 1. The van der Waals surface area contributed by atoms with Crippen LogP contribution in [-0.2, 0) is 9.59 Å². The predicted octanol–water partition coefficient (Wildman–Crippen LogP) is 1.68. The van der Waals surface area contributed by atoms with E-state index >= 15 is 0 Å². The average molecular weight is 432 g/mol. The van der Waals surface area contributed by atoms with Gasteiger partial charge in [0.25, 0.3) is 5.91 Å². The number of hydrogen-bond acceptors (Lipinski definition) is 7. The summed E-state index contributed by atoms with van der Waals surface area (Å²) in [5, 5.41) is 19.3. The number of amides is 1. The summed E-state index contributed by atoms with van der Waals surface area (Å²) in [6.45, 7) is 2.95. The van der Waals surface area contributed by atoms with E-state index in [4.69, 9.17) is 0 Å². The van der Waals surface area contributed by atoms with Crippen LogP contribution in [0.3, 0.4) is 0 Å². The lowest BCUT2D eigenvalue weighted by molar-refractivity contribution is -0.137. The number of nitrogens with zero attached hydrogens (tertiary/aromatic N) is 1. The summed E-state index contributed by atoms with van der Waals surface area (Å²) in [5.41, 5.74) is 7.87. The normalized spacial score (nSPS) is 22.5. The molecule has 0 saturated carbocycles. The molecule has 3 aliphatic rings. The van der Waals surface area contributed by atoms with Crippen molar-refractivity contribution in [2.45, 2.75) is 44.3 Å². The number of aliphatic carboxylic acids is 1. The SMILES string of the molecule is O=C(O)CC(NC(=O)C1=C2NNC(CCC3CCNCC3)N2CC=C1)c1ccsc1. The van der Waals surface area contributed by atoms with Gasteiger partial charge in [-0.25, -0.2) is 5.43 Å². The van der Waals surface area contributed by atoms with Crippen LogP contribution in [-0.4, -0.2) is 47.7 Å². The number of carbonyl (C=O) groups is 2. The Bertz CT molecular complexity index is 817. The Hall–Kier alpha value is -2.36. The summed E-state index contributed by atoms with van der Waals surface area (Å²) in [6.07, 6.45) is 8.43. The highest BCUT2D eigenvalue weighted by molar-refractivity contribution is 7.08. The van der Waals surface area contributed by atoms with Gasteiger partial charge in [-0.15, -0.1) is 0 Å². The van der Waals surface area contributed by atoms with Crippen LogP contribution in [0, 0.1) is 5.92 Å². The van der Waals surface area contributed by atoms with Gasteiger partial charge in [0.05, 0.1) is 24.2 Å². The van der Waals surface area contributed by atoms with E-state index in [-0.39, 0.29) is 18.5 Å². The van der Waals surface area contributed by atoms with Crippen LogP contribution in [0.15, 0.2) is 40.4 Å². The zero-order chi connectivity index (χ0) is 20.9. The Balaban J connectivity index is 1.42. The third-order valence-electron chi connectivity index (χ3n) is 6.04. The molecule has 0 radical (unpaired) electrons. The molecule has 9 heteroatoms. The maximum absolute atomic E-state index is 13.0. The van der Waals surface area contributed by atoms with Crippen molar-refractivity contribution < 1.29 is 14.7 Å². The molecule has 0 aromatic carbocycles. The third kappa shape index (κ3) is 4.85. The fourth-order valence-electron chi connectivity index (χ4n) is 4.37. The van der Waals surface area contributed by atoms with Crippen LogP contribution >= 0.6 is 11.3 Å². The van der Waals surface area contributed by atoms with Crippen molar-refractivity contribution in [3.63, 3.8) is 0 Å². The first-order valence-corrected chi connectivity index (χ1v) is 11.5. The Morgan fingerprint density at radius 1 is 1.30 bits per heavy atom. The van der Waals surface area contributed by atoms with E-state index in [0.29, 0.717) is 5.57 Å². The molecule has 5 N–H and O–H groups in total. The van der Waals surface area contributed by atoms with Crippen molar-refractivity contribution in [1.82, 2.24) is 26.4 Å². The van der Waals surface area contributed by atoms with E-state index in [2.05, 4.69) is 26.4 Å². The molecule has 162 valence electrons. The molecule has 4 heterocycles. The summed E-state index contributed by atoms with van der Waals surface area (Å²) in [6, 6.07) is 1.30. The molecule has 1 amide bonds. The molecule has 2 atom stereocenters. The molecule has 0 bridgehead atoms. The maximum Gasteiger partial charge on any atom is 0.305 e. The van der Waals surface area contributed by atoms with Crippen LogP contribution < -0.4 is 21.5 Å². The molecule has 1 aromatic rings. The van der Waals surface area contributed by atoms with Gasteiger partial charge in [0, 0.05) is 6.54 Å². The zero-order valence-electron chi connectivity index (χ0n) is 16.9. The second-order valence-corrected chi connectivity index (χ2v) is 8.83. The minimum Gasteiger partial charge on any atom is -0.481 e. The van der Waals surface area contributed by atoms with Gasteiger partial charge in [-0.3, -0.25) is 9.59 Å². The minimum absolute atomic E-state index is 0.148. The zero-order valence-corrected chi connectivity index (χ0v) is 17.7. The summed E-state index contributed by atoms with van der Waals surface area (Å²) < 4.78 is 0. The molecule has 2 fully saturated rings. The second-order valence-electron chi connectivity index (χ2n) is 8.05. The standard InChI is InChI=1S/C21H29N5O3S/c27-19(28)12-17(15-7-11-30-13-15)23-21(29)16-2-1-10-26-18(24-25-20(16)26)4-3-14-5-8-22-9-6-14/h1-2,7,11,13-14,17-18,22,24-25H,3-6,8-10,12H2,(H,23,29)(H,27,28). The molecule has 1 aromatic heterocycles. The van der Waals surface area contributed by atoms with Crippen LogP contribution in [0.4, 0.5) is 0 Å². The fraction of sp³-hybridized carbons (Fsp3) is 0.524. The summed E-state index contributed by atoms with van der Waals surface area (Å²) in [4.78, 5) is 26.5. The van der Waals surface area contributed by atoms with E-state index in [1.807, 2.05) is 29.0 Å². The third-order valence-corrected chi connectivity index (χ3v) is 6.75. The lowest BCUT2D eigenvalue weighted by atomic mass is 9.92. The van der Waals surface area contributed by atoms with Crippen LogP contribution in [0.5, 0.6) is 0 Å². The second kappa shape index (κ2) is 9.63. The lowest BCUT2D eigenvalue weighted by Gasteiger charge is -2.29. The van der Waals surface area contributed by atoms with Gasteiger partial charge in [-0.2, -0.15) is 11.3 Å². The molecule has 3 aliphatic heterocycles. The Morgan fingerprint density at radius 3 is 2.87 bits per heavy atom.